The van der Waals surface area contributed by atoms with Gasteiger partial charge in [-0.3, -0.25) is 4.79 Å². The summed E-state index contributed by atoms with van der Waals surface area (Å²) in [6.45, 7) is 0.377. The Balaban J connectivity index is 1.89. The summed E-state index contributed by atoms with van der Waals surface area (Å²) in [6.07, 6.45) is 0.405. The van der Waals surface area contributed by atoms with Crippen molar-refractivity contribution in [1.29, 1.82) is 0 Å². The van der Waals surface area contributed by atoms with Gasteiger partial charge in [0.25, 0.3) is 0 Å². The maximum absolute atomic E-state index is 11.4. The van der Waals surface area contributed by atoms with E-state index in [4.69, 9.17) is 10.5 Å². The molecule has 2 N–H and O–H groups in total. The van der Waals surface area contributed by atoms with Crippen molar-refractivity contribution in [3.05, 3.63) is 65.2 Å². The Morgan fingerprint density at radius 2 is 1.52 bits per heavy atom. The molecule has 0 aromatic heterocycles. The average molecular weight is 343 g/mol. The van der Waals surface area contributed by atoms with Gasteiger partial charge in [-0.15, -0.1) is 0 Å². The van der Waals surface area contributed by atoms with Gasteiger partial charge < -0.3 is 19.9 Å². The predicted octanol–water partition coefficient (Wildman–Crippen LogP) is 2.09. The third kappa shape index (κ3) is 5.32. The molecular formula is C19H21NO5. The van der Waals surface area contributed by atoms with Crippen LogP contribution in [0.5, 0.6) is 5.75 Å². The normalized spacial score (nSPS) is 11.5. The Hall–Kier alpha value is -2.86. The number of carbonyl (C=O) groups excluding carboxylic acids is 2. The molecule has 6 heteroatoms. The van der Waals surface area contributed by atoms with Crippen LogP contribution in [0.25, 0.3) is 0 Å². The molecule has 0 aliphatic heterocycles. The van der Waals surface area contributed by atoms with E-state index in [9.17, 15) is 9.59 Å². The first-order valence-electron chi connectivity index (χ1n) is 7.76. The van der Waals surface area contributed by atoms with Crippen LogP contribution in [0.3, 0.4) is 0 Å². The van der Waals surface area contributed by atoms with Gasteiger partial charge in [0.2, 0.25) is 0 Å². The van der Waals surface area contributed by atoms with E-state index >= 15 is 0 Å². The summed E-state index contributed by atoms with van der Waals surface area (Å²) >= 11 is 0. The molecule has 0 fully saturated rings. The first-order valence-corrected chi connectivity index (χ1v) is 7.76. The van der Waals surface area contributed by atoms with Crippen LogP contribution >= 0.6 is 0 Å². The number of hydrogen-bond acceptors (Lipinski definition) is 6. The molecule has 6 nitrogen and oxygen atoms in total. The molecule has 0 saturated heterocycles. The molecule has 0 aliphatic carbocycles. The molecule has 0 radical (unpaired) electrons. The van der Waals surface area contributed by atoms with E-state index in [1.165, 1.54) is 14.2 Å². The highest BCUT2D eigenvalue weighted by Crippen LogP contribution is 2.16. The van der Waals surface area contributed by atoms with E-state index in [2.05, 4.69) is 9.47 Å². The molecular weight excluding hydrogens is 322 g/mol. The van der Waals surface area contributed by atoms with Crippen LogP contribution in [0.1, 0.15) is 21.5 Å². The van der Waals surface area contributed by atoms with E-state index < -0.39 is 12.0 Å². The number of benzene rings is 2. The van der Waals surface area contributed by atoms with Gasteiger partial charge in [-0.05, 0) is 41.8 Å². The molecule has 0 bridgehead atoms. The Bertz CT molecular complexity index is 710. The molecule has 1 unspecified atom stereocenters. The lowest BCUT2D eigenvalue weighted by molar-refractivity contribution is -0.142. The summed E-state index contributed by atoms with van der Waals surface area (Å²) < 4.78 is 15.0. The van der Waals surface area contributed by atoms with E-state index in [1.54, 1.807) is 12.1 Å². The Morgan fingerprint density at radius 3 is 2.08 bits per heavy atom. The fourth-order valence-corrected chi connectivity index (χ4v) is 2.23. The smallest absolute Gasteiger partial charge is 0.337 e. The van der Waals surface area contributed by atoms with Crippen LogP contribution in [0.4, 0.5) is 0 Å². The summed E-state index contributed by atoms with van der Waals surface area (Å²) in [5.74, 6) is -0.101. The lowest BCUT2D eigenvalue weighted by Gasteiger charge is -2.10. The second-order valence-corrected chi connectivity index (χ2v) is 5.45. The van der Waals surface area contributed by atoms with Crippen LogP contribution in [0.15, 0.2) is 48.5 Å². The van der Waals surface area contributed by atoms with Crippen molar-refractivity contribution >= 4 is 11.9 Å². The van der Waals surface area contributed by atoms with Crippen molar-refractivity contribution in [2.45, 2.75) is 19.1 Å². The summed E-state index contributed by atoms with van der Waals surface area (Å²) in [4.78, 5) is 22.7. The highest BCUT2D eigenvalue weighted by Gasteiger charge is 2.14. The second-order valence-electron chi connectivity index (χ2n) is 5.45. The summed E-state index contributed by atoms with van der Waals surface area (Å²) in [6, 6.07) is 13.7. The first-order chi connectivity index (χ1) is 12.0. The van der Waals surface area contributed by atoms with E-state index in [1.807, 2.05) is 36.4 Å². The van der Waals surface area contributed by atoms with Crippen molar-refractivity contribution in [1.82, 2.24) is 0 Å². The van der Waals surface area contributed by atoms with Crippen molar-refractivity contribution in [2.75, 3.05) is 14.2 Å². The molecule has 0 amide bonds. The minimum atomic E-state index is -0.676. The number of hydrogen-bond donors (Lipinski definition) is 1. The van der Waals surface area contributed by atoms with Crippen molar-refractivity contribution in [3.8, 4) is 5.75 Å². The molecule has 2 aromatic carbocycles. The van der Waals surface area contributed by atoms with Gasteiger partial charge in [-0.2, -0.15) is 0 Å². The summed E-state index contributed by atoms with van der Waals surface area (Å²) in [7, 11) is 2.66. The van der Waals surface area contributed by atoms with Crippen molar-refractivity contribution < 1.29 is 23.8 Å². The maximum atomic E-state index is 11.4. The van der Waals surface area contributed by atoms with Gasteiger partial charge in [0.1, 0.15) is 18.4 Å². The van der Waals surface area contributed by atoms with Crippen molar-refractivity contribution in [3.63, 3.8) is 0 Å². The molecule has 132 valence electrons. The number of methoxy groups -OCH3 is 2. The van der Waals surface area contributed by atoms with Gasteiger partial charge in [-0.1, -0.05) is 24.3 Å². The zero-order valence-electron chi connectivity index (χ0n) is 14.2. The predicted molar refractivity (Wildman–Crippen MR) is 92.3 cm³/mol. The molecule has 0 spiro atoms. The average Bonchev–Trinajstić information content (AvgIpc) is 2.66. The lowest BCUT2D eigenvalue weighted by atomic mass is 10.1. The van der Waals surface area contributed by atoms with E-state index in [0.717, 1.165) is 11.1 Å². The Labute approximate surface area is 146 Å². The minimum absolute atomic E-state index is 0.367. The van der Waals surface area contributed by atoms with E-state index in [-0.39, 0.29) is 5.97 Å². The zero-order valence-corrected chi connectivity index (χ0v) is 14.2. The van der Waals surface area contributed by atoms with E-state index in [0.29, 0.717) is 24.3 Å². The molecule has 0 heterocycles. The van der Waals surface area contributed by atoms with Gasteiger partial charge in [-0.25, -0.2) is 4.79 Å². The molecule has 0 saturated carbocycles. The van der Waals surface area contributed by atoms with Crippen molar-refractivity contribution in [2.24, 2.45) is 5.73 Å². The Morgan fingerprint density at radius 1 is 0.920 bits per heavy atom. The molecule has 2 rings (SSSR count). The third-order valence-electron chi connectivity index (χ3n) is 3.66. The highest BCUT2D eigenvalue weighted by molar-refractivity contribution is 5.89. The number of nitrogens with two attached hydrogens (primary N) is 1. The Kier molecular flexibility index (Phi) is 6.54. The molecule has 2 aromatic rings. The van der Waals surface area contributed by atoms with Crippen LogP contribution in [-0.2, 0) is 27.3 Å². The SMILES string of the molecule is COC(=O)c1ccc(COc2ccc(CC(N)C(=O)OC)cc2)cc1. The third-order valence-corrected chi connectivity index (χ3v) is 3.66. The van der Waals surface area contributed by atoms with Gasteiger partial charge in [0, 0.05) is 0 Å². The van der Waals surface area contributed by atoms with Crippen LogP contribution < -0.4 is 10.5 Å². The zero-order chi connectivity index (χ0) is 18.2. The fourth-order valence-electron chi connectivity index (χ4n) is 2.23. The van der Waals surface area contributed by atoms with Gasteiger partial charge >= 0.3 is 11.9 Å². The standard InChI is InChI=1S/C19H21NO5/c1-23-18(21)15-7-3-14(4-8-15)12-25-16-9-5-13(6-10-16)11-17(20)19(22)24-2/h3-10,17H,11-12,20H2,1-2H3. The molecule has 25 heavy (non-hydrogen) atoms. The highest BCUT2D eigenvalue weighted by atomic mass is 16.5. The lowest BCUT2D eigenvalue weighted by Crippen LogP contribution is -2.33. The quantitative estimate of drug-likeness (QED) is 0.775. The number of ether oxygens (including phenoxy) is 3. The minimum Gasteiger partial charge on any atom is -0.489 e. The van der Waals surface area contributed by atoms with Gasteiger partial charge in [0.15, 0.2) is 0 Å². The fraction of sp³-hybridized carbons (Fsp3) is 0.263. The number of carbonyl (C=O) groups is 2. The summed E-state index contributed by atoms with van der Waals surface area (Å²) in [5, 5.41) is 0. The maximum Gasteiger partial charge on any atom is 0.337 e. The molecule has 0 aliphatic rings. The van der Waals surface area contributed by atoms with Crippen LogP contribution in [0, 0.1) is 0 Å². The number of esters is 2. The number of rotatable bonds is 7. The van der Waals surface area contributed by atoms with Crippen LogP contribution in [0.2, 0.25) is 0 Å². The molecule has 1 atom stereocenters. The topological polar surface area (TPSA) is 87.9 Å². The largest absolute Gasteiger partial charge is 0.489 e. The second kappa shape index (κ2) is 8.84. The summed E-state index contributed by atoms with van der Waals surface area (Å²) in [5.41, 5.74) is 8.09. The van der Waals surface area contributed by atoms with Gasteiger partial charge in [0.05, 0.1) is 19.8 Å². The van der Waals surface area contributed by atoms with Crippen LogP contribution in [-0.4, -0.2) is 32.2 Å². The monoisotopic (exact) mass is 343 g/mol. The first kappa shape index (κ1) is 18.5.